The molecule has 2 aliphatic heterocycles. The number of unbranched alkanes of at least 4 members (excludes halogenated alkanes) is 1. The van der Waals surface area contributed by atoms with Gasteiger partial charge >= 0.3 is 5.97 Å². The van der Waals surface area contributed by atoms with Crippen molar-refractivity contribution >= 4 is 70.2 Å². The number of rotatable bonds is 34. The van der Waals surface area contributed by atoms with Crippen molar-refractivity contribution in [2.75, 3.05) is 34.0 Å². The Morgan fingerprint density at radius 3 is 2.17 bits per heavy atom. The van der Waals surface area contributed by atoms with Crippen molar-refractivity contribution in [2.45, 2.75) is 168 Å². The highest BCUT2D eigenvalue weighted by molar-refractivity contribution is 7.09. The molecule has 1 aromatic carbocycles. The normalized spacial score (nSPS) is 17.5. The van der Waals surface area contributed by atoms with Crippen LogP contribution in [0.3, 0.4) is 0 Å². The molecule has 0 radical (unpaired) electrons. The van der Waals surface area contributed by atoms with Crippen LogP contribution in [0.4, 0.5) is 0 Å². The van der Waals surface area contributed by atoms with E-state index in [0.717, 1.165) is 47.6 Å². The lowest BCUT2D eigenvalue weighted by molar-refractivity contribution is -0.154. The first-order chi connectivity index (χ1) is 36.5. The van der Waals surface area contributed by atoms with Crippen LogP contribution in [0.15, 0.2) is 41.8 Å². The van der Waals surface area contributed by atoms with E-state index in [9.17, 15) is 47.9 Å². The number of aromatic nitrogens is 1. The number of nitrogens with zero attached hydrogens (tertiary/aromatic N) is 4. The molecule has 3 heterocycles. The standard InChI is InChI=1S/C56H82N8O12S/c1-9-35(4)41(30-47(67)44-16-12-13-25-62(44)7)56(74)64(33-75-8)45(34(2)3)31-48(76-37(6)65)55-61-43(32-77-55)54(73)59-40(27-36(5)53(58)72)28-38-19-21-39(22-20-38)29-46(66)42(15-10-11-17-49(57)68)60-50(69)18-14-26-63-51(70)23-24-52(63)71/h19-24,32,34-36,40-42,44-45,48H,9-18,25-31,33H2,1-8H3,(H2,57,68)(H2,58,72)(H,59,73)(H,60,69)/t35-,36?,40+,41-,42-,44+,45+,48+/m0/s1. The van der Waals surface area contributed by atoms with Gasteiger partial charge in [-0.15, -0.1) is 11.3 Å². The monoisotopic (exact) mass is 1090 g/mol. The van der Waals surface area contributed by atoms with E-state index >= 15 is 0 Å². The van der Waals surface area contributed by atoms with E-state index in [-0.39, 0.29) is 112 Å². The summed E-state index contributed by atoms with van der Waals surface area (Å²) in [5.41, 5.74) is 12.5. The van der Waals surface area contributed by atoms with E-state index in [0.29, 0.717) is 29.8 Å². The quantitative estimate of drug-likeness (QED) is 0.0314. The zero-order valence-electron chi connectivity index (χ0n) is 46.2. The van der Waals surface area contributed by atoms with Crippen LogP contribution in [0.5, 0.6) is 0 Å². The summed E-state index contributed by atoms with van der Waals surface area (Å²) in [6.45, 7) is 11.7. The molecule has 1 unspecified atom stereocenters. The SMILES string of the molecule is CC[C@H](C)[C@H](CC(=O)[C@H]1CCCCN1C)C(=O)N(COC)[C@H](C[C@@H](OC(C)=O)c1nc(C(=O)N[C@@H](Cc2ccc(CC(=O)[C@H](CCCCC(N)=O)NC(=O)CCCN3C(=O)C=CC3=O)cc2)CC(C)C(N)=O)cs1)C(C)C. The molecule has 1 saturated heterocycles. The Kier molecular flexibility index (Phi) is 25.7. The first kappa shape index (κ1) is 63.3. The summed E-state index contributed by atoms with van der Waals surface area (Å²) in [4.78, 5) is 139. The Hall–Kier alpha value is -6.19. The number of carbonyl (C=O) groups is 10. The van der Waals surface area contributed by atoms with Crippen LogP contribution in [0.2, 0.25) is 0 Å². The third-order valence-corrected chi connectivity index (χ3v) is 15.6. The smallest absolute Gasteiger partial charge is 0.303 e. The Balaban J connectivity index is 1.48. The van der Waals surface area contributed by atoms with Crippen LogP contribution in [0, 0.1) is 23.7 Å². The lowest BCUT2D eigenvalue weighted by Gasteiger charge is -2.39. The predicted molar refractivity (Wildman–Crippen MR) is 289 cm³/mol. The highest BCUT2D eigenvalue weighted by Crippen LogP contribution is 2.34. The molecular weight excluding hydrogens is 1010 g/mol. The fraction of sp³-hybridized carbons (Fsp3) is 0.625. The maximum Gasteiger partial charge on any atom is 0.303 e. The molecule has 2 aliphatic rings. The highest BCUT2D eigenvalue weighted by atomic mass is 32.1. The zero-order valence-corrected chi connectivity index (χ0v) is 47.0. The number of ketones is 2. The van der Waals surface area contributed by atoms with Crippen LogP contribution in [0.1, 0.15) is 158 Å². The summed E-state index contributed by atoms with van der Waals surface area (Å²) in [5, 5.41) is 7.69. The predicted octanol–water partition coefficient (Wildman–Crippen LogP) is 4.90. The zero-order chi connectivity index (χ0) is 56.9. The van der Waals surface area contributed by atoms with Crippen molar-refractivity contribution in [3.63, 3.8) is 0 Å². The molecule has 424 valence electrons. The molecule has 0 spiro atoms. The summed E-state index contributed by atoms with van der Waals surface area (Å²) in [7, 11) is 3.45. The van der Waals surface area contributed by atoms with Gasteiger partial charge in [0.15, 0.2) is 17.7 Å². The number of hydrogen-bond donors (Lipinski definition) is 4. The average molecular weight is 1090 g/mol. The number of hydrogen-bond acceptors (Lipinski definition) is 15. The number of Topliss-reactive ketones (excluding diaryl/α,β-unsaturated/α-hetero) is 2. The Bertz CT molecular complexity index is 2390. The van der Waals surface area contributed by atoms with Gasteiger partial charge < -0.3 is 36.5 Å². The molecule has 6 N–H and O–H groups in total. The minimum Gasteiger partial charge on any atom is -0.455 e. The number of likely N-dealkylation sites (tertiary alicyclic amines) is 1. The van der Waals surface area contributed by atoms with Crippen molar-refractivity contribution in [1.82, 2.24) is 30.3 Å². The second kappa shape index (κ2) is 31.3. The van der Waals surface area contributed by atoms with E-state index in [2.05, 4.69) is 20.5 Å². The van der Waals surface area contributed by atoms with E-state index < -0.39 is 77.5 Å². The van der Waals surface area contributed by atoms with Crippen molar-refractivity contribution in [3.05, 3.63) is 63.6 Å². The van der Waals surface area contributed by atoms with Crippen molar-refractivity contribution < 1.29 is 57.4 Å². The Morgan fingerprint density at radius 1 is 0.896 bits per heavy atom. The summed E-state index contributed by atoms with van der Waals surface area (Å²) in [5.74, 6) is -5.38. The number of esters is 1. The number of thiazole rings is 1. The number of ether oxygens (including phenoxy) is 2. The summed E-state index contributed by atoms with van der Waals surface area (Å²) < 4.78 is 11.5. The van der Waals surface area contributed by atoms with Gasteiger partial charge in [0.2, 0.25) is 23.6 Å². The van der Waals surface area contributed by atoms with E-state index in [1.807, 2.05) is 34.7 Å². The number of carbonyl (C=O) groups excluding carboxylic acids is 10. The van der Waals surface area contributed by atoms with Crippen molar-refractivity contribution in [1.29, 1.82) is 0 Å². The second-order valence-corrected chi connectivity index (χ2v) is 22.0. The third kappa shape index (κ3) is 20.0. The van der Waals surface area contributed by atoms with Gasteiger partial charge in [-0.1, -0.05) is 78.1 Å². The number of piperidine rings is 1. The topological polar surface area (TPSA) is 288 Å². The maximum absolute atomic E-state index is 14.7. The molecule has 4 rings (SSSR count). The fourth-order valence-corrected chi connectivity index (χ4v) is 10.8. The number of nitrogens with two attached hydrogens (primary N) is 2. The fourth-order valence-electron chi connectivity index (χ4n) is 9.92. The molecule has 1 aromatic heterocycles. The number of methoxy groups -OCH3 is 1. The lowest BCUT2D eigenvalue weighted by atomic mass is 9.82. The Morgan fingerprint density at radius 2 is 1.57 bits per heavy atom. The van der Waals surface area contributed by atoms with Gasteiger partial charge in [-0.2, -0.15) is 0 Å². The van der Waals surface area contributed by atoms with Gasteiger partial charge in [-0.25, -0.2) is 4.98 Å². The minimum atomic E-state index is -0.952. The second-order valence-electron chi connectivity index (χ2n) is 21.1. The van der Waals surface area contributed by atoms with E-state index in [1.54, 1.807) is 41.5 Å². The average Bonchev–Trinajstić information content (AvgIpc) is 4.00. The number of amides is 7. The molecule has 0 bridgehead atoms. The number of imide groups is 1. The molecule has 2 aromatic rings. The van der Waals surface area contributed by atoms with Crippen molar-refractivity contribution in [3.8, 4) is 0 Å². The molecule has 77 heavy (non-hydrogen) atoms. The summed E-state index contributed by atoms with van der Waals surface area (Å²) in [6.07, 6.45) is 6.92. The highest BCUT2D eigenvalue weighted by Gasteiger charge is 2.39. The van der Waals surface area contributed by atoms with Gasteiger partial charge in [0.05, 0.1) is 12.1 Å². The van der Waals surface area contributed by atoms with E-state index in [1.165, 1.54) is 26.2 Å². The molecule has 21 heteroatoms. The summed E-state index contributed by atoms with van der Waals surface area (Å²) in [6, 6.07) is 4.90. The molecule has 7 amide bonds. The molecule has 1 fully saturated rings. The lowest BCUT2D eigenvalue weighted by Crippen LogP contribution is -2.50. The number of likely N-dealkylation sites (N-methyl/N-ethyl adjacent to an activating group) is 1. The molecule has 0 aliphatic carbocycles. The molecular formula is C56H82N8O12S. The van der Waals surface area contributed by atoms with Crippen LogP contribution >= 0.6 is 11.3 Å². The van der Waals surface area contributed by atoms with Crippen molar-refractivity contribution in [2.24, 2.45) is 35.1 Å². The van der Waals surface area contributed by atoms with Crippen LogP contribution < -0.4 is 22.1 Å². The first-order valence-electron chi connectivity index (χ1n) is 27.0. The molecule has 8 atom stereocenters. The number of benzene rings is 1. The first-order valence-corrected chi connectivity index (χ1v) is 27.9. The Labute approximate surface area is 457 Å². The third-order valence-electron chi connectivity index (χ3n) is 14.6. The van der Waals surface area contributed by atoms with E-state index in [4.69, 9.17) is 20.9 Å². The van der Waals surface area contributed by atoms with Gasteiger partial charge in [-0.3, -0.25) is 57.7 Å². The molecule has 20 nitrogen and oxygen atoms in total. The molecule has 0 saturated carbocycles. The number of primary amides is 2. The van der Waals surface area contributed by atoms with Crippen LogP contribution in [-0.4, -0.2) is 137 Å². The number of nitrogens with one attached hydrogen (secondary N) is 2. The largest absolute Gasteiger partial charge is 0.455 e. The van der Waals surface area contributed by atoms with Gasteiger partial charge in [0, 0.05) is 94.1 Å². The van der Waals surface area contributed by atoms with Crippen LogP contribution in [-0.2, 0) is 65.5 Å². The van der Waals surface area contributed by atoms with Gasteiger partial charge in [0.25, 0.3) is 17.7 Å². The van der Waals surface area contributed by atoms with Gasteiger partial charge in [0.1, 0.15) is 17.4 Å². The minimum absolute atomic E-state index is 0.0269. The van der Waals surface area contributed by atoms with Crippen LogP contribution in [0.25, 0.3) is 0 Å². The van der Waals surface area contributed by atoms with Gasteiger partial charge in [-0.05, 0) is 81.5 Å². The summed E-state index contributed by atoms with van der Waals surface area (Å²) >= 11 is 1.13. The maximum atomic E-state index is 14.7.